The van der Waals surface area contributed by atoms with Gasteiger partial charge in [0.05, 0.1) is 17.8 Å². The highest BCUT2D eigenvalue weighted by Gasteiger charge is 2.32. The second kappa shape index (κ2) is 5.14. The smallest absolute Gasteiger partial charge is 0.102 e. The lowest BCUT2D eigenvalue weighted by Crippen LogP contribution is -2.17. The Hall–Kier alpha value is -0.940. The molecule has 1 aliphatic carbocycles. The predicted molar refractivity (Wildman–Crippen MR) is 65.6 cm³/mol. The van der Waals surface area contributed by atoms with Gasteiger partial charge in [0, 0.05) is 13.7 Å². The van der Waals surface area contributed by atoms with Crippen LogP contribution in [0.1, 0.15) is 50.2 Å². The number of hydrogen-bond donors (Lipinski definition) is 1. The molecule has 1 heterocycles. The highest BCUT2D eigenvalue weighted by Crippen LogP contribution is 2.40. The molecule has 0 spiro atoms. The number of nitrogens with one attached hydrogen (secondary N) is 1. The van der Waals surface area contributed by atoms with Crippen molar-refractivity contribution in [3.8, 4) is 0 Å². The van der Waals surface area contributed by atoms with Crippen LogP contribution in [-0.4, -0.2) is 29.2 Å². The molecule has 0 saturated heterocycles. The predicted octanol–water partition coefficient (Wildman–Crippen LogP) is 1.68. The van der Waals surface area contributed by atoms with E-state index in [2.05, 4.69) is 27.2 Å². The van der Waals surface area contributed by atoms with Crippen molar-refractivity contribution in [2.45, 2.75) is 45.4 Å². The van der Waals surface area contributed by atoms with Crippen molar-refractivity contribution in [1.29, 1.82) is 0 Å². The van der Waals surface area contributed by atoms with Crippen molar-refractivity contribution >= 4 is 0 Å². The molecule has 5 nitrogen and oxygen atoms in total. The zero-order valence-electron chi connectivity index (χ0n) is 11.1. The van der Waals surface area contributed by atoms with Gasteiger partial charge in [0.2, 0.25) is 0 Å². The number of aromatic nitrogens is 3. The quantitative estimate of drug-likeness (QED) is 0.819. The van der Waals surface area contributed by atoms with E-state index >= 15 is 0 Å². The highest BCUT2D eigenvalue weighted by atomic mass is 16.5. The first kappa shape index (κ1) is 12.5. The summed E-state index contributed by atoms with van der Waals surface area (Å²) in [5.74, 6) is 0.766. The third-order valence-electron chi connectivity index (χ3n) is 3.58. The molecule has 1 N–H and O–H groups in total. The van der Waals surface area contributed by atoms with Crippen LogP contribution >= 0.6 is 0 Å². The van der Waals surface area contributed by atoms with Gasteiger partial charge in [-0.3, -0.25) is 0 Å². The van der Waals surface area contributed by atoms with Crippen LogP contribution in [0.15, 0.2) is 0 Å². The van der Waals surface area contributed by atoms with E-state index in [9.17, 15) is 0 Å². The summed E-state index contributed by atoms with van der Waals surface area (Å²) in [4.78, 5) is 0. The van der Waals surface area contributed by atoms with E-state index < -0.39 is 0 Å². The van der Waals surface area contributed by atoms with Gasteiger partial charge in [-0.2, -0.15) is 0 Å². The average Bonchev–Trinajstić information content (AvgIpc) is 3.09. The fourth-order valence-corrected chi connectivity index (χ4v) is 2.24. The van der Waals surface area contributed by atoms with Crippen LogP contribution < -0.4 is 5.32 Å². The van der Waals surface area contributed by atoms with Crippen molar-refractivity contribution in [3.63, 3.8) is 0 Å². The SMILES string of the molecule is CNCc1nnn(C(C)C2CC2)c1C(C)OC. The molecule has 1 aromatic heterocycles. The molecule has 0 aromatic carbocycles. The van der Waals surface area contributed by atoms with Gasteiger partial charge < -0.3 is 10.1 Å². The zero-order chi connectivity index (χ0) is 12.4. The Kier molecular flexibility index (Phi) is 3.79. The Morgan fingerprint density at radius 1 is 1.47 bits per heavy atom. The van der Waals surface area contributed by atoms with Gasteiger partial charge >= 0.3 is 0 Å². The maximum atomic E-state index is 5.44. The normalized spacial score (nSPS) is 19.3. The van der Waals surface area contributed by atoms with Crippen LogP contribution in [0.5, 0.6) is 0 Å². The molecule has 5 heteroatoms. The van der Waals surface area contributed by atoms with Crippen LogP contribution in [0, 0.1) is 5.92 Å². The lowest BCUT2D eigenvalue weighted by atomic mass is 10.1. The maximum absolute atomic E-state index is 5.44. The second-order valence-electron chi connectivity index (χ2n) is 4.85. The number of nitrogens with zero attached hydrogens (tertiary/aromatic N) is 3. The molecule has 96 valence electrons. The monoisotopic (exact) mass is 238 g/mol. The van der Waals surface area contributed by atoms with E-state index in [-0.39, 0.29) is 6.10 Å². The second-order valence-corrected chi connectivity index (χ2v) is 4.85. The summed E-state index contributed by atoms with van der Waals surface area (Å²) in [5, 5.41) is 11.7. The molecular formula is C12H22N4O. The molecule has 0 bridgehead atoms. The van der Waals surface area contributed by atoms with Gasteiger partial charge in [0.15, 0.2) is 0 Å². The van der Waals surface area contributed by atoms with E-state index in [1.807, 2.05) is 14.0 Å². The van der Waals surface area contributed by atoms with E-state index in [0.717, 1.165) is 23.9 Å². The van der Waals surface area contributed by atoms with Crippen molar-refractivity contribution < 1.29 is 4.74 Å². The Morgan fingerprint density at radius 3 is 2.71 bits per heavy atom. The van der Waals surface area contributed by atoms with Crippen molar-refractivity contribution in [1.82, 2.24) is 20.3 Å². The van der Waals surface area contributed by atoms with Crippen LogP contribution in [0.4, 0.5) is 0 Å². The molecule has 0 aliphatic heterocycles. The molecule has 1 fully saturated rings. The molecule has 17 heavy (non-hydrogen) atoms. The Balaban J connectivity index is 2.29. The summed E-state index contributed by atoms with van der Waals surface area (Å²) in [6, 6.07) is 0.431. The third-order valence-corrected chi connectivity index (χ3v) is 3.58. The summed E-state index contributed by atoms with van der Waals surface area (Å²) in [5.41, 5.74) is 2.11. The van der Waals surface area contributed by atoms with Crippen LogP contribution in [0.3, 0.4) is 0 Å². The molecule has 1 aromatic rings. The lowest BCUT2D eigenvalue weighted by Gasteiger charge is -2.18. The van der Waals surface area contributed by atoms with Crippen molar-refractivity contribution in [3.05, 3.63) is 11.4 Å². The van der Waals surface area contributed by atoms with Gasteiger partial charge in [-0.15, -0.1) is 5.10 Å². The minimum atomic E-state index is 0.0366. The Bertz CT molecular complexity index is 373. The number of hydrogen-bond acceptors (Lipinski definition) is 4. The van der Waals surface area contributed by atoms with Crippen LogP contribution in [0.2, 0.25) is 0 Å². The van der Waals surface area contributed by atoms with Crippen LogP contribution in [0.25, 0.3) is 0 Å². The minimum Gasteiger partial charge on any atom is -0.375 e. The maximum Gasteiger partial charge on any atom is 0.102 e. The van der Waals surface area contributed by atoms with E-state index in [4.69, 9.17) is 4.74 Å². The van der Waals surface area contributed by atoms with Gasteiger partial charge in [-0.1, -0.05) is 5.21 Å². The molecule has 2 atom stereocenters. The highest BCUT2D eigenvalue weighted by molar-refractivity contribution is 5.14. The topological polar surface area (TPSA) is 52.0 Å². The molecule has 2 unspecified atom stereocenters. The summed E-state index contributed by atoms with van der Waals surface area (Å²) in [7, 11) is 3.65. The summed E-state index contributed by atoms with van der Waals surface area (Å²) < 4.78 is 7.50. The number of methoxy groups -OCH3 is 1. The van der Waals surface area contributed by atoms with Gasteiger partial charge in [-0.25, -0.2) is 4.68 Å². The van der Waals surface area contributed by atoms with Crippen molar-refractivity contribution in [2.24, 2.45) is 5.92 Å². The first-order valence-electron chi connectivity index (χ1n) is 6.30. The lowest BCUT2D eigenvalue weighted by molar-refractivity contribution is 0.108. The first-order valence-corrected chi connectivity index (χ1v) is 6.30. The molecule has 1 saturated carbocycles. The summed E-state index contributed by atoms with van der Waals surface area (Å²) in [6.45, 7) is 5.01. The first-order chi connectivity index (χ1) is 8.19. The van der Waals surface area contributed by atoms with Crippen molar-refractivity contribution in [2.75, 3.05) is 14.2 Å². The summed E-state index contributed by atoms with van der Waals surface area (Å²) in [6.07, 6.45) is 2.65. The Labute approximate surface area is 103 Å². The minimum absolute atomic E-state index is 0.0366. The average molecular weight is 238 g/mol. The van der Waals surface area contributed by atoms with Gasteiger partial charge in [-0.05, 0) is 39.7 Å². The largest absolute Gasteiger partial charge is 0.375 e. The van der Waals surface area contributed by atoms with E-state index in [1.54, 1.807) is 7.11 Å². The molecule has 1 aliphatic rings. The molecule has 2 rings (SSSR count). The standard InChI is InChI=1S/C12H22N4O/c1-8(10-5-6-10)16-12(9(2)17-4)11(7-13-3)14-15-16/h8-10,13H,5-7H2,1-4H3. The van der Waals surface area contributed by atoms with Gasteiger partial charge in [0.25, 0.3) is 0 Å². The third kappa shape index (κ3) is 2.50. The Morgan fingerprint density at radius 2 is 2.18 bits per heavy atom. The fourth-order valence-electron chi connectivity index (χ4n) is 2.24. The zero-order valence-corrected chi connectivity index (χ0v) is 11.1. The molecule has 0 radical (unpaired) electrons. The number of rotatable bonds is 6. The van der Waals surface area contributed by atoms with Gasteiger partial charge in [0.1, 0.15) is 5.69 Å². The van der Waals surface area contributed by atoms with E-state index in [1.165, 1.54) is 12.8 Å². The molecular weight excluding hydrogens is 216 g/mol. The fraction of sp³-hybridized carbons (Fsp3) is 0.833. The summed E-state index contributed by atoms with van der Waals surface area (Å²) >= 11 is 0. The van der Waals surface area contributed by atoms with Crippen LogP contribution in [-0.2, 0) is 11.3 Å². The molecule has 0 amide bonds. The number of ether oxygens (including phenoxy) is 1. The van der Waals surface area contributed by atoms with E-state index in [0.29, 0.717) is 6.04 Å².